The number of piperazine rings is 1. The van der Waals surface area contributed by atoms with Crippen molar-refractivity contribution in [2.45, 2.75) is 11.4 Å². The number of rotatable bonds is 6. The largest absolute Gasteiger partial charge is 0.381 e. The Morgan fingerprint density at radius 2 is 1.91 bits per heavy atom. The minimum atomic E-state index is -3.47. The summed E-state index contributed by atoms with van der Waals surface area (Å²) in [4.78, 5) is 7.01. The number of pyridine rings is 1. The molecule has 3 N–H and O–H groups in total. The van der Waals surface area contributed by atoms with E-state index in [1.807, 2.05) is 36.5 Å². The summed E-state index contributed by atoms with van der Waals surface area (Å²) in [5, 5.41) is 15.0. The number of aromatic nitrogens is 3. The number of H-pyrrole nitrogens is 1. The Hall–Kier alpha value is -3.50. The average Bonchev–Trinajstić information content (AvgIpc) is 3.26. The maximum Gasteiger partial charge on any atom is 0.175 e. The topological polar surface area (TPSA) is 103 Å². The van der Waals surface area contributed by atoms with Crippen LogP contribution in [0.1, 0.15) is 5.56 Å². The van der Waals surface area contributed by atoms with E-state index in [1.165, 1.54) is 12.1 Å². The van der Waals surface area contributed by atoms with Gasteiger partial charge in [-0.15, -0.1) is 0 Å². The van der Waals surface area contributed by atoms with Crippen LogP contribution in [-0.4, -0.2) is 56.0 Å². The maximum atomic E-state index is 13.8. The van der Waals surface area contributed by atoms with Gasteiger partial charge in [0.05, 0.1) is 10.4 Å². The zero-order chi connectivity index (χ0) is 23.7. The Balaban J connectivity index is 1.39. The van der Waals surface area contributed by atoms with Gasteiger partial charge in [-0.2, -0.15) is 5.10 Å². The summed E-state index contributed by atoms with van der Waals surface area (Å²) in [6.07, 6.45) is 2.95. The summed E-state index contributed by atoms with van der Waals surface area (Å²) in [7, 11) is -3.47. The number of hydrogen-bond donors (Lipinski definition) is 3. The van der Waals surface area contributed by atoms with Crippen molar-refractivity contribution in [3.05, 3.63) is 66.1 Å². The number of anilines is 2. The summed E-state index contributed by atoms with van der Waals surface area (Å²) in [6, 6.07) is 13.5. The van der Waals surface area contributed by atoms with Gasteiger partial charge < -0.3 is 15.5 Å². The number of fused-ring (bicyclic) bond motifs is 1. The van der Waals surface area contributed by atoms with Gasteiger partial charge in [0.1, 0.15) is 17.3 Å². The van der Waals surface area contributed by atoms with Crippen LogP contribution in [0.3, 0.4) is 0 Å². The first-order chi connectivity index (χ1) is 16.4. The van der Waals surface area contributed by atoms with Crippen molar-refractivity contribution in [2.24, 2.45) is 0 Å². The minimum Gasteiger partial charge on any atom is -0.381 e. The molecule has 2 aromatic carbocycles. The van der Waals surface area contributed by atoms with Gasteiger partial charge in [0.25, 0.3) is 0 Å². The molecule has 0 unspecified atom stereocenters. The number of sulfone groups is 1. The van der Waals surface area contributed by atoms with Crippen LogP contribution in [-0.2, 0) is 16.4 Å². The molecule has 34 heavy (non-hydrogen) atoms. The molecule has 176 valence electrons. The van der Waals surface area contributed by atoms with Gasteiger partial charge in [0, 0.05) is 61.8 Å². The first-order valence-electron chi connectivity index (χ1n) is 11.0. The van der Waals surface area contributed by atoms with E-state index in [2.05, 4.69) is 30.7 Å². The van der Waals surface area contributed by atoms with Gasteiger partial charge in [0.15, 0.2) is 9.84 Å². The van der Waals surface area contributed by atoms with Crippen LogP contribution in [0, 0.1) is 5.82 Å². The highest BCUT2D eigenvalue weighted by molar-refractivity contribution is 7.90. The zero-order valence-electron chi connectivity index (χ0n) is 18.7. The highest BCUT2D eigenvalue weighted by Crippen LogP contribution is 2.29. The van der Waals surface area contributed by atoms with Crippen molar-refractivity contribution in [2.75, 3.05) is 42.7 Å². The van der Waals surface area contributed by atoms with E-state index in [1.54, 1.807) is 0 Å². The molecule has 2 aromatic heterocycles. The molecule has 1 aliphatic heterocycles. The maximum absolute atomic E-state index is 13.8. The van der Waals surface area contributed by atoms with E-state index in [4.69, 9.17) is 0 Å². The molecule has 0 saturated carbocycles. The van der Waals surface area contributed by atoms with Gasteiger partial charge in [-0.3, -0.25) is 5.10 Å². The highest BCUT2D eigenvalue weighted by Gasteiger charge is 2.16. The molecule has 1 saturated heterocycles. The van der Waals surface area contributed by atoms with E-state index >= 15 is 0 Å². The monoisotopic (exact) mass is 480 g/mol. The van der Waals surface area contributed by atoms with Crippen LogP contribution in [0.5, 0.6) is 0 Å². The molecule has 0 radical (unpaired) electrons. The summed E-state index contributed by atoms with van der Waals surface area (Å²) in [6.45, 7) is 3.92. The molecule has 4 aromatic rings. The molecular formula is C24H25FN6O2S. The predicted molar refractivity (Wildman–Crippen MR) is 131 cm³/mol. The molecule has 0 atom stereocenters. The number of benzene rings is 2. The Morgan fingerprint density at radius 3 is 2.65 bits per heavy atom. The summed E-state index contributed by atoms with van der Waals surface area (Å²) in [5.74, 6) is 0.470. The van der Waals surface area contributed by atoms with Gasteiger partial charge >= 0.3 is 0 Å². The van der Waals surface area contributed by atoms with Gasteiger partial charge in [0.2, 0.25) is 0 Å². The lowest BCUT2D eigenvalue weighted by molar-refractivity contribution is 0.585. The van der Waals surface area contributed by atoms with E-state index in [0.717, 1.165) is 72.2 Å². The second-order valence-electron chi connectivity index (χ2n) is 8.35. The number of halogens is 1. The van der Waals surface area contributed by atoms with Crippen molar-refractivity contribution in [1.29, 1.82) is 0 Å². The quantitative estimate of drug-likeness (QED) is 0.364. The lowest BCUT2D eigenvalue weighted by Gasteiger charge is -2.28. The van der Waals surface area contributed by atoms with E-state index < -0.39 is 15.7 Å². The molecule has 1 aliphatic rings. The Kier molecular flexibility index (Phi) is 5.93. The molecule has 8 nitrogen and oxygen atoms in total. The fourth-order valence-corrected chi connectivity index (χ4v) is 5.12. The minimum absolute atomic E-state index is 0.113. The fraction of sp³-hybridized carbons (Fsp3) is 0.250. The third-order valence-electron chi connectivity index (χ3n) is 5.93. The van der Waals surface area contributed by atoms with Crippen molar-refractivity contribution >= 4 is 32.2 Å². The van der Waals surface area contributed by atoms with Crippen molar-refractivity contribution in [1.82, 2.24) is 20.5 Å². The van der Waals surface area contributed by atoms with E-state index in [9.17, 15) is 12.8 Å². The molecule has 0 bridgehead atoms. The molecule has 1 fully saturated rings. The van der Waals surface area contributed by atoms with Gasteiger partial charge in [-0.25, -0.2) is 17.8 Å². The van der Waals surface area contributed by atoms with Crippen LogP contribution >= 0.6 is 0 Å². The van der Waals surface area contributed by atoms with Crippen molar-refractivity contribution in [3.8, 4) is 11.3 Å². The SMILES string of the molecule is CS(=O)(=O)c1ccc(F)cc1CNc1ccc2[nH]nc(-c3ccc(N4CCNCC4)nc3)c2c1. The van der Waals surface area contributed by atoms with E-state index in [-0.39, 0.29) is 11.4 Å². The highest BCUT2D eigenvalue weighted by atomic mass is 32.2. The third kappa shape index (κ3) is 4.59. The molecule has 0 amide bonds. The third-order valence-corrected chi connectivity index (χ3v) is 7.13. The van der Waals surface area contributed by atoms with Crippen LogP contribution in [0.4, 0.5) is 15.9 Å². The van der Waals surface area contributed by atoms with Gasteiger partial charge in [-0.1, -0.05) is 0 Å². The first kappa shape index (κ1) is 22.3. The fourth-order valence-electron chi connectivity index (χ4n) is 4.20. The summed E-state index contributed by atoms with van der Waals surface area (Å²) >= 11 is 0. The predicted octanol–water partition coefficient (Wildman–Crippen LogP) is 3.19. The Bertz CT molecular complexity index is 1430. The molecular weight excluding hydrogens is 455 g/mol. The van der Waals surface area contributed by atoms with Crippen molar-refractivity contribution in [3.63, 3.8) is 0 Å². The molecule has 3 heterocycles. The molecule has 0 spiro atoms. The smallest absolute Gasteiger partial charge is 0.175 e. The number of hydrogen-bond acceptors (Lipinski definition) is 7. The summed E-state index contributed by atoms with van der Waals surface area (Å²) in [5.41, 5.74) is 3.69. The van der Waals surface area contributed by atoms with Crippen LogP contribution in [0.15, 0.2) is 59.6 Å². The normalized spacial score (nSPS) is 14.5. The standard InChI is InChI=1S/C24H25FN6O2S/c1-34(32,33)22-6-3-18(25)12-17(22)15-27-19-4-5-21-20(13-19)24(30-29-21)16-2-7-23(28-14-16)31-10-8-26-9-11-31/h2-7,12-14,26-27H,8-11,15H2,1H3,(H,29,30). The van der Waals surface area contributed by atoms with Gasteiger partial charge in [-0.05, 0) is 54.1 Å². The number of nitrogens with one attached hydrogen (secondary N) is 3. The molecule has 5 rings (SSSR count). The zero-order valence-corrected chi connectivity index (χ0v) is 19.5. The average molecular weight is 481 g/mol. The van der Waals surface area contributed by atoms with E-state index in [0.29, 0.717) is 5.56 Å². The number of aromatic amines is 1. The first-order valence-corrected chi connectivity index (χ1v) is 12.9. The Morgan fingerprint density at radius 1 is 1.09 bits per heavy atom. The van der Waals surface area contributed by atoms with Crippen molar-refractivity contribution < 1.29 is 12.8 Å². The van der Waals surface area contributed by atoms with Crippen LogP contribution in [0.2, 0.25) is 0 Å². The second-order valence-corrected chi connectivity index (χ2v) is 10.3. The molecule has 0 aliphatic carbocycles. The molecule has 10 heteroatoms. The second kappa shape index (κ2) is 9.03. The lowest BCUT2D eigenvalue weighted by atomic mass is 10.1. The lowest BCUT2D eigenvalue weighted by Crippen LogP contribution is -2.43. The Labute approximate surface area is 197 Å². The van der Waals surface area contributed by atoms with Crippen LogP contribution in [0.25, 0.3) is 22.2 Å². The summed E-state index contributed by atoms with van der Waals surface area (Å²) < 4.78 is 37.9. The number of nitrogens with zero attached hydrogens (tertiary/aromatic N) is 3. The van der Waals surface area contributed by atoms with Crippen LogP contribution < -0.4 is 15.5 Å².